The molecule has 3 aliphatic heterocycles. The molecule has 0 saturated carbocycles. The largest absolute Gasteiger partial charge is 0.378 e. The van der Waals surface area contributed by atoms with Crippen LogP contribution in [0.25, 0.3) is 22.2 Å². The summed E-state index contributed by atoms with van der Waals surface area (Å²) in [4.78, 5) is 23.4. The molecule has 3 aromatic heterocycles. The highest BCUT2D eigenvalue weighted by atomic mass is 19.1. The van der Waals surface area contributed by atoms with Gasteiger partial charge < -0.3 is 34.4 Å². The minimum absolute atomic E-state index is 0.232. The molecule has 7 rings (SSSR count). The summed E-state index contributed by atoms with van der Waals surface area (Å²) < 4.78 is 41.5. The average Bonchev–Trinajstić information content (AvgIpc) is 3.07. The van der Waals surface area contributed by atoms with Crippen LogP contribution in [-0.2, 0) is 9.47 Å². The monoisotopic (exact) mass is 616 g/mol. The van der Waals surface area contributed by atoms with Crippen LogP contribution in [0.15, 0.2) is 42.7 Å². The average molecular weight is 617 g/mol. The maximum Gasteiger partial charge on any atom is 0.152 e. The van der Waals surface area contributed by atoms with Crippen LogP contribution >= 0.6 is 0 Å². The normalized spacial score (nSPS) is 18.1. The number of aromatic nitrogens is 3. The maximum absolute atomic E-state index is 15.7. The molecule has 10 nitrogen and oxygen atoms in total. The standard InChI is InChI=1S/C33H38F2N8O2/c1-22-31(23-3-4-36-29(17-23)42-7-5-40(2)6-8-42)38-27-19-24(34)18-26(35)30(27)32(22)39-28-20-25(41-9-13-44-14-10-41)21-37-33(28)43-11-15-45-16-12-43/h3-4,17-21H,5-16H2,1-2H3,(H,38,39). The molecule has 0 radical (unpaired) electrons. The van der Waals surface area contributed by atoms with Gasteiger partial charge in [-0.3, -0.25) is 0 Å². The summed E-state index contributed by atoms with van der Waals surface area (Å²) in [5, 5.41) is 3.81. The number of benzene rings is 1. The summed E-state index contributed by atoms with van der Waals surface area (Å²) >= 11 is 0. The Kier molecular flexibility index (Phi) is 8.35. The Morgan fingerprint density at radius 3 is 2.24 bits per heavy atom. The number of halogens is 2. The van der Waals surface area contributed by atoms with Gasteiger partial charge in [0, 0.05) is 76.3 Å². The summed E-state index contributed by atoms with van der Waals surface area (Å²) in [6.07, 6.45) is 3.66. The zero-order chi connectivity index (χ0) is 30.9. The van der Waals surface area contributed by atoms with Crippen molar-refractivity contribution >= 4 is 39.6 Å². The second-order valence-electron chi connectivity index (χ2n) is 11.8. The van der Waals surface area contributed by atoms with E-state index in [1.54, 1.807) is 6.20 Å². The van der Waals surface area contributed by atoms with E-state index in [0.29, 0.717) is 50.9 Å². The van der Waals surface area contributed by atoms with E-state index in [9.17, 15) is 4.39 Å². The highest BCUT2D eigenvalue weighted by Crippen LogP contribution is 2.40. The Hall–Kier alpha value is -4.13. The molecular formula is C33H38F2N8O2. The third-order valence-corrected chi connectivity index (χ3v) is 8.89. The Bertz CT molecular complexity index is 1690. The molecule has 0 amide bonds. The number of nitrogens with zero attached hydrogens (tertiary/aromatic N) is 7. The molecule has 1 N–H and O–H groups in total. The van der Waals surface area contributed by atoms with Crippen molar-refractivity contribution in [3.63, 3.8) is 0 Å². The van der Waals surface area contributed by atoms with Crippen LogP contribution in [-0.4, -0.2) is 106 Å². The molecule has 0 bridgehead atoms. The van der Waals surface area contributed by atoms with E-state index in [0.717, 1.165) is 79.5 Å². The highest BCUT2D eigenvalue weighted by molar-refractivity contribution is 5.99. The SMILES string of the molecule is Cc1c(-c2ccnc(N3CCN(C)CC3)c2)nc2cc(F)cc(F)c2c1Nc1cc(N2CCOCC2)cnc1N1CCOCC1. The number of likely N-dealkylation sites (N-methyl/N-ethyl adjacent to an activating group) is 1. The Labute approximate surface area is 261 Å². The molecule has 12 heteroatoms. The fourth-order valence-corrected chi connectivity index (χ4v) is 6.31. The lowest BCUT2D eigenvalue weighted by Crippen LogP contribution is -2.44. The summed E-state index contributed by atoms with van der Waals surface area (Å²) in [5.41, 5.74) is 4.66. The van der Waals surface area contributed by atoms with Crippen molar-refractivity contribution in [1.29, 1.82) is 0 Å². The molecule has 0 spiro atoms. The number of fused-ring (bicyclic) bond motifs is 1. The first kappa shape index (κ1) is 29.6. The van der Waals surface area contributed by atoms with Gasteiger partial charge in [0.15, 0.2) is 5.82 Å². The highest BCUT2D eigenvalue weighted by Gasteiger charge is 2.24. The zero-order valence-corrected chi connectivity index (χ0v) is 25.7. The quantitative estimate of drug-likeness (QED) is 0.336. The van der Waals surface area contributed by atoms with Crippen LogP contribution in [0.3, 0.4) is 0 Å². The lowest BCUT2D eigenvalue weighted by Gasteiger charge is -2.33. The molecule has 4 aromatic rings. The number of hydrogen-bond acceptors (Lipinski definition) is 10. The molecule has 0 atom stereocenters. The number of ether oxygens (including phenoxy) is 2. The second kappa shape index (κ2) is 12.7. The van der Waals surface area contributed by atoms with E-state index in [1.165, 1.54) is 6.07 Å². The van der Waals surface area contributed by atoms with Gasteiger partial charge in [0.25, 0.3) is 0 Å². The van der Waals surface area contributed by atoms with E-state index < -0.39 is 11.6 Å². The van der Waals surface area contributed by atoms with Crippen molar-refractivity contribution in [2.45, 2.75) is 6.92 Å². The number of anilines is 5. The van der Waals surface area contributed by atoms with Crippen molar-refractivity contribution in [2.75, 3.05) is 106 Å². The Morgan fingerprint density at radius 2 is 1.51 bits per heavy atom. The molecule has 3 aliphatic rings. The van der Waals surface area contributed by atoms with Gasteiger partial charge in [-0.1, -0.05) is 0 Å². The summed E-state index contributed by atoms with van der Waals surface area (Å²) in [7, 11) is 2.12. The third-order valence-electron chi connectivity index (χ3n) is 8.89. The molecule has 45 heavy (non-hydrogen) atoms. The van der Waals surface area contributed by atoms with Gasteiger partial charge in [-0.2, -0.15) is 0 Å². The predicted molar refractivity (Wildman–Crippen MR) is 173 cm³/mol. The van der Waals surface area contributed by atoms with Crippen molar-refractivity contribution in [3.8, 4) is 11.3 Å². The number of nitrogens with one attached hydrogen (secondary N) is 1. The minimum Gasteiger partial charge on any atom is -0.378 e. The minimum atomic E-state index is -0.675. The van der Waals surface area contributed by atoms with Gasteiger partial charge in [0.2, 0.25) is 0 Å². The van der Waals surface area contributed by atoms with Crippen LogP contribution in [0.1, 0.15) is 5.56 Å². The van der Waals surface area contributed by atoms with Gasteiger partial charge in [0.1, 0.15) is 17.5 Å². The predicted octanol–water partition coefficient (Wildman–Crippen LogP) is 4.45. The molecule has 1 aromatic carbocycles. The zero-order valence-electron chi connectivity index (χ0n) is 25.7. The smallest absolute Gasteiger partial charge is 0.152 e. The Morgan fingerprint density at radius 1 is 0.800 bits per heavy atom. The van der Waals surface area contributed by atoms with E-state index in [1.807, 2.05) is 25.3 Å². The lowest BCUT2D eigenvalue weighted by molar-refractivity contribution is 0.122. The molecule has 236 valence electrons. The lowest BCUT2D eigenvalue weighted by atomic mass is 10.0. The van der Waals surface area contributed by atoms with Crippen LogP contribution < -0.4 is 20.0 Å². The molecule has 0 aliphatic carbocycles. The van der Waals surface area contributed by atoms with E-state index >= 15 is 4.39 Å². The van der Waals surface area contributed by atoms with Gasteiger partial charge in [-0.05, 0) is 37.7 Å². The van der Waals surface area contributed by atoms with Crippen molar-refractivity contribution < 1.29 is 18.3 Å². The maximum atomic E-state index is 15.7. The number of piperazine rings is 1. The number of hydrogen-bond donors (Lipinski definition) is 1. The fourth-order valence-electron chi connectivity index (χ4n) is 6.31. The Balaban J connectivity index is 1.35. The summed E-state index contributed by atoms with van der Waals surface area (Å²) in [6, 6.07) is 8.19. The van der Waals surface area contributed by atoms with E-state index in [4.69, 9.17) is 19.4 Å². The third kappa shape index (κ3) is 6.09. The van der Waals surface area contributed by atoms with Crippen LogP contribution in [0.5, 0.6) is 0 Å². The van der Waals surface area contributed by atoms with Crippen LogP contribution in [0.2, 0.25) is 0 Å². The first-order valence-electron chi connectivity index (χ1n) is 15.6. The molecule has 3 fully saturated rings. The summed E-state index contributed by atoms with van der Waals surface area (Å²) in [6.45, 7) is 10.9. The van der Waals surface area contributed by atoms with Crippen LogP contribution in [0, 0.1) is 18.6 Å². The molecular weight excluding hydrogens is 578 g/mol. The van der Waals surface area contributed by atoms with Crippen LogP contribution in [0.4, 0.5) is 37.5 Å². The molecule has 0 unspecified atom stereocenters. The fraction of sp³-hybridized carbons (Fsp3) is 0.424. The first-order chi connectivity index (χ1) is 21.9. The van der Waals surface area contributed by atoms with E-state index in [2.05, 4.69) is 43.0 Å². The molecule has 3 saturated heterocycles. The topological polar surface area (TPSA) is 82.1 Å². The van der Waals surface area contributed by atoms with Crippen molar-refractivity contribution in [2.24, 2.45) is 0 Å². The van der Waals surface area contributed by atoms with Gasteiger partial charge in [-0.15, -0.1) is 0 Å². The number of rotatable bonds is 6. The first-order valence-corrected chi connectivity index (χ1v) is 15.6. The van der Waals surface area contributed by atoms with Gasteiger partial charge in [0.05, 0.1) is 66.3 Å². The molecule has 6 heterocycles. The van der Waals surface area contributed by atoms with Gasteiger partial charge >= 0.3 is 0 Å². The van der Waals surface area contributed by atoms with E-state index in [-0.39, 0.29) is 10.9 Å². The van der Waals surface area contributed by atoms with Crippen molar-refractivity contribution in [1.82, 2.24) is 19.9 Å². The summed E-state index contributed by atoms with van der Waals surface area (Å²) in [5.74, 6) is 0.266. The second-order valence-corrected chi connectivity index (χ2v) is 11.8. The number of morpholine rings is 2. The van der Waals surface area contributed by atoms with Gasteiger partial charge in [-0.25, -0.2) is 23.7 Å². The van der Waals surface area contributed by atoms with Crippen molar-refractivity contribution in [3.05, 3.63) is 59.9 Å². The number of pyridine rings is 3.